The fraction of sp³-hybridized carbons (Fsp3) is 0.381. The van der Waals surface area contributed by atoms with Gasteiger partial charge in [-0.25, -0.2) is 8.42 Å². The minimum atomic E-state index is -3.85. The van der Waals surface area contributed by atoms with E-state index in [4.69, 9.17) is 4.74 Å². The van der Waals surface area contributed by atoms with Crippen LogP contribution < -0.4 is 14.8 Å². The smallest absolute Gasteiger partial charge is 0.242 e. The maximum Gasteiger partial charge on any atom is 0.242 e. The van der Waals surface area contributed by atoms with Crippen LogP contribution in [0.1, 0.15) is 31.4 Å². The van der Waals surface area contributed by atoms with Crippen molar-refractivity contribution in [1.82, 2.24) is 4.72 Å². The molecule has 0 fully saturated rings. The minimum Gasteiger partial charge on any atom is -0.497 e. The van der Waals surface area contributed by atoms with Gasteiger partial charge in [0.1, 0.15) is 11.8 Å². The van der Waals surface area contributed by atoms with E-state index in [0.717, 1.165) is 11.1 Å². The quantitative estimate of drug-likeness (QED) is 0.703. The summed E-state index contributed by atoms with van der Waals surface area (Å²) < 4.78 is 33.1. The Bertz CT molecular complexity index is 922. The summed E-state index contributed by atoms with van der Waals surface area (Å²) in [5.41, 5.74) is 2.69. The lowest BCUT2D eigenvalue weighted by Gasteiger charge is -2.21. The highest BCUT2D eigenvalue weighted by atomic mass is 32.2. The van der Waals surface area contributed by atoms with Gasteiger partial charge in [0.25, 0.3) is 0 Å². The van der Waals surface area contributed by atoms with Crippen molar-refractivity contribution in [3.8, 4) is 5.75 Å². The largest absolute Gasteiger partial charge is 0.497 e. The number of ether oxygens (including phenoxy) is 1. The Balaban J connectivity index is 2.22. The molecule has 2 rings (SSSR count). The first-order valence-electron chi connectivity index (χ1n) is 9.17. The number of carbonyl (C=O) groups is 1. The average Bonchev–Trinajstić information content (AvgIpc) is 2.63. The maximum absolute atomic E-state index is 12.8. The highest BCUT2D eigenvalue weighted by Gasteiger charge is 2.27. The normalized spacial score (nSPS) is 12.6. The monoisotopic (exact) mass is 404 g/mol. The first-order chi connectivity index (χ1) is 13.1. The number of carbonyl (C=O) groups excluding carboxylic acids is 1. The standard InChI is InChI=1S/C21H28N2O4S/c1-14(2)12-20(21(24)22-19-11-6-15(3)13-16(19)4)23-28(25,26)18-9-7-17(27-5)8-10-18/h6-11,13-14,20,23H,12H2,1-5H3,(H,22,24)/t20-/m1/s1. The molecule has 1 amide bonds. The lowest BCUT2D eigenvalue weighted by Crippen LogP contribution is -2.44. The second kappa shape index (κ2) is 9.21. The zero-order valence-corrected chi connectivity index (χ0v) is 17.8. The third kappa shape index (κ3) is 5.81. The summed E-state index contributed by atoms with van der Waals surface area (Å²) in [6, 6.07) is 10.9. The average molecular weight is 405 g/mol. The van der Waals surface area contributed by atoms with Crippen LogP contribution >= 0.6 is 0 Å². The summed E-state index contributed by atoms with van der Waals surface area (Å²) in [5, 5.41) is 2.85. The number of anilines is 1. The number of benzene rings is 2. The molecule has 0 saturated heterocycles. The van der Waals surface area contributed by atoms with E-state index in [1.54, 1.807) is 12.1 Å². The van der Waals surface area contributed by atoms with Crippen LogP contribution in [0.25, 0.3) is 0 Å². The van der Waals surface area contributed by atoms with Crippen molar-refractivity contribution in [2.24, 2.45) is 5.92 Å². The Labute approximate surface area is 167 Å². The molecule has 2 N–H and O–H groups in total. The highest BCUT2D eigenvalue weighted by molar-refractivity contribution is 7.89. The number of hydrogen-bond acceptors (Lipinski definition) is 4. The molecule has 6 nitrogen and oxygen atoms in total. The van der Waals surface area contributed by atoms with Crippen LogP contribution in [0, 0.1) is 19.8 Å². The first kappa shape index (κ1) is 21.9. The second-order valence-corrected chi connectivity index (χ2v) is 9.00. The van der Waals surface area contributed by atoms with Gasteiger partial charge >= 0.3 is 0 Å². The molecule has 7 heteroatoms. The number of sulfonamides is 1. The number of methoxy groups -OCH3 is 1. The molecule has 0 unspecified atom stereocenters. The zero-order chi connectivity index (χ0) is 20.9. The van der Waals surface area contributed by atoms with Crippen molar-refractivity contribution >= 4 is 21.6 Å². The fourth-order valence-electron chi connectivity index (χ4n) is 2.86. The summed E-state index contributed by atoms with van der Waals surface area (Å²) in [7, 11) is -2.34. The summed E-state index contributed by atoms with van der Waals surface area (Å²) in [4.78, 5) is 12.9. The number of aryl methyl sites for hydroxylation is 2. The van der Waals surface area contributed by atoms with Crippen molar-refractivity contribution in [3.63, 3.8) is 0 Å². The molecular formula is C21H28N2O4S. The Morgan fingerprint density at radius 2 is 1.71 bits per heavy atom. The van der Waals surface area contributed by atoms with E-state index in [1.165, 1.54) is 19.2 Å². The van der Waals surface area contributed by atoms with Gasteiger partial charge in [-0.1, -0.05) is 31.5 Å². The van der Waals surface area contributed by atoms with Gasteiger partial charge in [0.2, 0.25) is 15.9 Å². The Kier molecular flexibility index (Phi) is 7.21. The molecule has 0 aliphatic carbocycles. The molecule has 152 valence electrons. The molecule has 28 heavy (non-hydrogen) atoms. The Hall–Kier alpha value is -2.38. The highest BCUT2D eigenvalue weighted by Crippen LogP contribution is 2.19. The van der Waals surface area contributed by atoms with Gasteiger partial charge in [-0.15, -0.1) is 0 Å². The molecule has 0 aliphatic rings. The molecule has 0 aliphatic heterocycles. The third-order valence-electron chi connectivity index (χ3n) is 4.33. The molecule has 0 radical (unpaired) electrons. The Morgan fingerprint density at radius 3 is 2.25 bits per heavy atom. The molecule has 0 spiro atoms. The van der Waals surface area contributed by atoms with Gasteiger partial charge in [0.05, 0.1) is 12.0 Å². The predicted molar refractivity (Wildman–Crippen MR) is 111 cm³/mol. The number of hydrogen-bond donors (Lipinski definition) is 2. The first-order valence-corrected chi connectivity index (χ1v) is 10.6. The SMILES string of the molecule is COc1ccc(S(=O)(=O)N[C@H](CC(C)C)C(=O)Nc2ccc(C)cc2C)cc1. The zero-order valence-electron chi connectivity index (χ0n) is 16.9. The maximum atomic E-state index is 12.8. The van der Waals surface area contributed by atoms with Crippen molar-refractivity contribution < 1.29 is 17.9 Å². The van der Waals surface area contributed by atoms with Crippen LogP contribution in [-0.2, 0) is 14.8 Å². The van der Waals surface area contributed by atoms with Crippen molar-refractivity contribution in [3.05, 3.63) is 53.6 Å². The fourth-order valence-corrected chi connectivity index (χ4v) is 4.07. The van der Waals surface area contributed by atoms with E-state index in [0.29, 0.717) is 17.9 Å². The summed E-state index contributed by atoms with van der Waals surface area (Å²) in [6.45, 7) is 7.77. The molecule has 0 bridgehead atoms. The summed E-state index contributed by atoms with van der Waals surface area (Å²) in [6.07, 6.45) is 0.381. The number of nitrogens with one attached hydrogen (secondary N) is 2. The number of rotatable bonds is 8. The van der Waals surface area contributed by atoms with Crippen LogP contribution in [0.3, 0.4) is 0 Å². The van der Waals surface area contributed by atoms with Gasteiger partial charge in [-0.05, 0) is 62.1 Å². The van der Waals surface area contributed by atoms with Crippen LogP contribution in [0.15, 0.2) is 47.4 Å². The minimum absolute atomic E-state index is 0.0846. The second-order valence-electron chi connectivity index (χ2n) is 7.29. The number of amides is 1. The van der Waals surface area contributed by atoms with E-state index < -0.39 is 16.1 Å². The van der Waals surface area contributed by atoms with Crippen molar-refractivity contribution in [1.29, 1.82) is 0 Å². The third-order valence-corrected chi connectivity index (χ3v) is 5.82. The molecule has 0 aromatic heterocycles. The van der Waals surface area contributed by atoms with E-state index in [1.807, 2.05) is 45.9 Å². The van der Waals surface area contributed by atoms with Crippen LogP contribution in [0.4, 0.5) is 5.69 Å². The molecule has 1 atom stereocenters. The Morgan fingerprint density at radius 1 is 1.07 bits per heavy atom. The predicted octanol–water partition coefficient (Wildman–Crippen LogP) is 3.64. The van der Waals surface area contributed by atoms with Crippen molar-refractivity contribution in [2.75, 3.05) is 12.4 Å². The van der Waals surface area contributed by atoms with Gasteiger partial charge in [0.15, 0.2) is 0 Å². The molecular weight excluding hydrogens is 376 g/mol. The van der Waals surface area contributed by atoms with Gasteiger partial charge in [0, 0.05) is 5.69 Å². The summed E-state index contributed by atoms with van der Waals surface area (Å²) in [5.74, 6) is 0.316. The lowest BCUT2D eigenvalue weighted by molar-refractivity contribution is -0.118. The van der Waals surface area contributed by atoms with Crippen LogP contribution in [0.5, 0.6) is 5.75 Å². The van der Waals surface area contributed by atoms with Gasteiger partial charge in [-0.3, -0.25) is 4.79 Å². The van der Waals surface area contributed by atoms with Gasteiger partial charge < -0.3 is 10.1 Å². The van der Waals surface area contributed by atoms with E-state index in [9.17, 15) is 13.2 Å². The molecule has 2 aromatic rings. The van der Waals surface area contributed by atoms with Gasteiger partial charge in [-0.2, -0.15) is 4.72 Å². The van der Waals surface area contributed by atoms with E-state index in [-0.39, 0.29) is 16.7 Å². The topological polar surface area (TPSA) is 84.5 Å². The van der Waals surface area contributed by atoms with Crippen LogP contribution in [0.2, 0.25) is 0 Å². The van der Waals surface area contributed by atoms with E-state index in [2.05, 4.69) is 10.0 Å². The van der Waals surface area contributed by atoms with Crippen LogP contribution in [-0.4, -0.2) is 27.5 Å². The summed E-state index contributed by atoms with van der Waals surface area (Å²) >= 11 is 0. The van der Waals surface area contributed by atoms with E-state index >= 15 is 0 Å². The molecule has 2 aromatic carbocycles. The molecule has 0 heterocycles. The lowest BCUT2D eigenvalue weighted by atomic mass is 10.0. The van der Waals surface area contributed by atoms with Crippen molar-refractivity contribution in [2.45, 2.75) is 45.1 Å². The molecule has 0 saturated carbocycles.